The van der Waals surface area contributed by atoms with E-state index in [-0.39, 0.29) is 29.8 Å². The smallest absolute Gasteiger partial charge is 0.353 e. The van der Waals surface area contributed by atoms with Gasteiger partial charge in [0.25, 0.3) is 0 Å². The van der Waals surface area contributed by atoms with Crippen molar-refractivity contribution in [1.82, 2.24) is 30.0 Å². The Morgan fingerprint density at radius 3 is 2.81 bits per heavy atom. The average Bonchev–Trinajstić information content (AvgIpc) is 3.21. The van der Waals surface area contributed by atoms with Gasteiger partial charge in [-0.2, -0.15) is 0 Å². The lowest BCUT2D eigenvalue weighted by Crippen LogP contribution is -2.58. The Kier molecular flexibility index (Phi) is 6.08. The number of tetrazole rings is 1. The monoisotopic (exact) mass is 414 g/mol. The van der Waals surface area contributed by atoms with Crippen LogP contribution in [0, 0.1) is 5.92 Å². The number of aliphatic carboxylic acids is 1. The highest BCUT2D eigenvalue weighted by atomic mass is 32.2. The second-order valence-corrected chi connectivity index (χ2v) is 8.81. The van der Waals surface area contributed by atoms with E-state index in [1.165, 1.54) is 28.4 Å². The largest absolute Gasteiger partial charge is 0.477 e. The van der Waals surface area contributed by atoms with E-state index in [0.717, 1.165) is 12.2 Å². The zero-order valence-corrected chi connectivity index (χ0v) is 16.9. The van der Waals surface area contributed by atoms with Crippen molar-refractivity contribution >= 4 is 35.4 Å². The molecule has 3 atom stereocenters. The van der Waals surface area contributed by atoms with Gasteiger partial charge >= 0.3 is 5.97 Å². The summed E-state index contributed by atoms with van der Waals surface area (Å²) >= 11 is 2.89. The van der Waals surface area contributed by atoms with Crippen molar-refractivity contribution in [1.29, 1.82) is 0 Å². The standard InChI is InChI=1S/C15H22N6O4S2/c1-8(19(2)3)21-15(16-17-18-21)26-6-4-5-10-11(14(24)25)20-12(23)9(7-22)13(20)27-10/h8-9,13,22H,4-7H2,1-3H3,(H,24,25)/t8?,9-,13+/m0/s1. The third kappa shape index (κ3) is 3.71. The highest BCUT2D eigenvalue weighted by Gasteiger charge is 2.55. The number of aromatic nitrogens is 4. The predicted octanol–water partition coefficient (Wildman–Crippen LogP) is 0.445. The first-order valence-electron chi connectivity index (χ1n) is 8.51. The number of aliphatic hydroxyl groups is 1. The SMILES string of the molecule is CC(N(C)C)n1nnnc1SCCCC1=C(C(=O)O)N2C(=O)[C@H](CO)[C@H]2S1. The van der Waals surface area contributed by atoms with E-state index in [0.29, 0.717) is 16.5 Å². The number of β-lactam (4-membered cyclic amide) rings is 1. The van der Waals surface area contributed by atoms with Crippen LogP contribution in [0.25, 0.3) is 0 Å². The summed E-state index contributed by atoms with van der Waals surface area (Å²) in [6.45, 7) is 1.74. The van der Waals surface area contributed by atoms with Crippen molar-refractivity contribution < 1.29 is 19.8 Å². The lowest BCUT2D eigenvalue weighted by molar-refractivity contribution is -0.153. The fourth-order valence-electron chi connectivity index (χ4n) is 2.93. The van der Waals surface area contributed by atoms with Gasteiger partial charge in [0, 0.05) is 10.7 Å². The van der Waals surface area contributed by atoms with Gasteiger partial charge in [-0.1, -0.05) is 11.8 Å². The number of carboxylic acid groups (broad SMARTS) is 1. The average molecular weight is 415 g/mol. The van der Waals surface area contributed by atoms with E-state index in [9.17, 15) is 19.8 Å². The van der Waals surface area contributed by atoms with Gasteiger partial charge in [0.05, 0.1) is 12.5 Å². The molecular formula is C15H22N6O4S2. The van der Waals surface area contributed by atoms with Crippen LogP contribution in [0.1, 0.15) is 25.9 Å². The summed E-state index contributed by atoms with van der Waals surface area (Å²) < 4.78 is 1.74. The van der Waals surface area contributed by atoms with Gasteiger partial charge in [-0.3, -0.25) is 14.6 Å². The van der Waals surface area contributed by atoms with E-state index in [4.69, 9.17) is 0 Å². The number of aliphatic hydroxyl groups excluding tert-OH is 1. The molecule has 0 aliphatic carbocycles. The Morgan fingerprint density at radius 2 is 2.19 bits per heavy atom. The second-order valence-electron chi connectivity index (χ2n) is 6.54. The molecule has 1 fully saturated rings. The maximum atomic E-state index is 12.0. The number of nitrogens with zero attached hydrogens (tertiary/aromatic N) is 6. The summed E-state index contributed by atoms with van der Waals surface area (Å²) in [6, 6.07) is 0. The number of fused-ring (bicyclic) bond motifs is 1. The molecule has 3 rings (SSSR count). The van der Waals surface area contributed by atoms with Crippen LogP contribution in [0.15, 0.2) is 15.8 Å². The van der Waals surface area contributed by atoms with Gasteiger partial charge in [-0.15, -0.1) is 16.9 Å². The van der Waals surface area contributed by atoms with Crippen molar-refractivity contribution in [3.8, 4) is 0 Å². The molecule has 1 saturated heterocycles. The number of carbonyl (C=O) groups is 2. The quantitative estimate of drug-likeness (QED) is 0.334. The van der Waals surface area contributed by atoms with Gasteiger partial charge < -0.3 is 10.2 Å². The molecule has 0 spiro atoms. The van der Waals surface area contributed by atoms with Gasteiger partial charge in [0.2, 0.25) is 11.1 Å². The Labute approximate surface area is 165 Å². The van der Waals surface area contributed by atoms with E-state index in [1.54, 1.807) is 4.68 Å². The maximum absolute atomic E-state index is 12.0. The number of carbonyl (C=O) groups excluding carboxylic acids is 1. The van der Waals surface area contributed by atoms with E-state index in [1.807, 2.05) is 25.9 Å². The molecular weight excluding hydrogens is 392 g/mol. The Hall–Kier alpha value is -1.63. The fraction of sp³-hybridized carbons (Fsp3) is 0.667. The molecule has 148 valence electrons. The molecule has 1 aromatic heterocycles. The number of hydrogen-bond donors (Lipinski definition) is 2. The number of thioether (sulfide) groups is 2. The molecule has 2 aliphatic rings. The third-order valence-electron chi connectivity index (χ3n) is 4.66. The Bertz CT molecular complexity index is 767. The number of amides is 1. The van der Waals surface area contributed by atoms with Crippen LogP contribution in [-0.2, 0) is 9.59 Å². The molecule has 3 heterocycles. The normalized spacial score (nSPS) is 23.0. The summed E-state index contributed by atoms with van der Waals surface area (Å²) in [6.07, 6.45) is 1.31. The Morgan fingerprint density at radius 1 is 1.44 bits per heavy atom. The van der Waals surface area contributed by atoms with Gasteiger partial charge in [0.1, 0.15) is 17.2 Å². The molecule has 27 heavy (non-hydrogen) atoms. The first-order chi connectivity index (χ1) is 12.9. The second kappa shape index (κ2) is 8.17. The number of carboxylic acids is 1. The maximum Gasteiger partial charge on any atom is 0.353 e. The lowest BCUT2D eigenvalue weighted by Gasteiger charge is -2.41. The molecule has 12 heteroatoms. The third-order valence-corrected chi connectivity index (χ3v) is 7.15. The van der Waals surface area contributed by atoms with Gasteiger partial charge in [-0.25, -0.2) is 9.48 Å². The van der Waals surface area contributed by atoms with Crippen LogP contribution in [0.3, 0.4) is 0 Å². The molecule has 0 saturated carbocycles. The van der Waals surface area contributed by atoms with Gasteiger partial charge in [-0.05, 0) is 44.3 Å². The topological polar surface area (TPSA) is 125 Å². The molecule has 0 bridgehead atoms. The van der Waals surface area contributed by atoms with Crippen molar-refractivity contribution in [2.24, 2.45) is 5.92 Å². The van der Waals surface area contributed by atoms with Crippen molar-refractivity contribution in [2.75, 3.05) is 26.5 Å². The van der Waals surface area contributed by atoms with Crippen LogP contribution < -0.4 is 0 Å². The minimum atomic E-state index is -1.10. The fourth-order valence-corrected chi connectivity index (χ4v) is 5.35. The van der Waals surface area contributed by atoms with Crippen LogP contribution in [0.2, 0.25) is 0 Å². The summed E-state index contributed by atoms with van der Waals surface area (Å²) in [5.74, 6) is -1.19. The molecule has 2 aliphatic heterocycles. The van der Waals surface area contributed by atoms with Crippen LogP contribution in [0.5, 0.6) is 0 Å². The van der Waals surface area contributed by atoms with Crippen molar-refractivity contribution in [3.63, 3.8) is 0 Å². The van der Waals surface area contributed by atoms with Crippen LogP contribution in [-0.4, -0.2) is 83.9 Å². The van der Waals surface area contributed by atoms with Crippen molar-refractivity contribution in [3.05, 3.63) is 10.6 Å². The summed E-state index contributed by atoms with van der Waals surface area (Å²) in [5, 5.41) is 31.0. The predicted molar refractivity (Wildman–Crippen MR) is 99.6 cm³/mol. The molecule has 2 N–H and O–H groups in total. The molecule has 0 radical (unpaired) electrons. The minimum absolute atomic E-state index is 0.0269. The molecule has 0 aromatic carbocycles. The number of allylic oxidation sites excluding steroid dienone is 1. The minimum Gasteiger partial charge on any atom is -0.477 e. The zero-order chi connectivity index (χ0) is 19.7. The number of hydrogen-bond acceptors (Lipinski definition) is 9. The first-order valence-corrected chi connectivity index (χ1v) is 10.4. The number of rotatable bonds is 9. The molecule has 10 nitrogen and oxygen atoms in total. The van der Waals surface area contributed by atoms with Crippen molar-refractivity contribution in [2.45, 2.75) is 36.5 Å². The Balaban J connectivity index is 1.58. The van der Waals surface area contributed by atoms with E-state index >= 15 is 0 Å². The molecule has 1 aromatic rings. The first kappa shape index (κ1) is 20.1. The lowest BCUT2D eigenvalue weighted by atomic mass is 9.98. The summed E-state index contributed by atoms with van der Waals surface area (Å²) in [5.41, 5.74) is 0.0655. The van der Waals surface area contributed by atoms with E-state index in [2.05, 4.69) is 15.5 Å². The highest BCUT2D eigenvalue weighted by Crippen LogP contribution is 2.50. The summed E-state index contributed by atoms with van der Waals surface area (Å²) in [7, 11) is 3.89. The molecule has 1 unspecified atom stereocenters. The van der Waals surface area contributed by atoms with Crippen LogP contribution in [0.4, 0.5) is 0 Å². The summed E-state index contributed by atoms with van der Waals surface area (Å²) in [4.78, 5) is 27.6. The van der Waals surface area contributed by atoms with Crippen LogP contribution >= 0.6 is 23.5 Å². The molecule has 1 amide bonds. The highest BCUT2D eigenvalue weighted by molar-refractivity contribution is 8.04. The van der Waals surface area contributed by atoms with Gasteiger partial charge in [0.15, 0.2) is 0 Å². The zero-order valence-electron chi connectivity index (χ0n) is 15.3. The van der Waals surface area contributed by atoms with E-state index < -0.39 is 11.9 Å².